The van der Waals surface area contributed by atoms with E-state index in [0.29, 0.717) is 30.1 Å². The van der Waals surface area contributed by atoms with E-state index in [2.05, 4.69) is 20.5 Å². The molecule has 1 amide bonds. The Labute approximate surface area is 175 Å². The lowest BCUT2D eigenvalue weighted by atomic mass is 10.1. The largest absolute Gasteiger partial charge is 0.435 e. The summed E-state index contributed by atoms with van der Waals surface area (Å²) in [5.41, 5.74) is 1.43. The van der Waals surface area contributed by atoms with Crippen molar-refractivity contribution < 1.29 is 18.5 Å². The normalized spacial score (nSPS) is 15.6. The summed E-state index contributed by atoms with van der Waals surface area (Å²) in [6.07, 6.45) is 1.92. The van der Waals surface area contributed by atoms with Crippen LogP contribution in [0.15, 0.2) is 35.4 Å². The molecule has 3 N–H and O–H groups in total. The van der Waals surface area contributed by atoms with Crippen molar-refractivity contribution in [2.75, 3.05) is 32.7 Å². The van der Waals surface area contributed by atoms with Gasteiger partial charge >= 0.3 is 5.95 Å². The van der Waals surface area contributed by atoms with Crippen LogP contribution >= 0.6 is 0 Å². The second-order valence-corrected chi connectivity index (χ2v) is 7.89. The Kier molecular flexibility index (Phi) is 7.63. The molecule has 30 heavy (non-hydrogen) atoms. The van der Waals surface area contributed by atoms with E-state index in [1.165, 1.54) is 10.8 Å². The van der Waals surface area contributed by atoms with E-state index in [1.54, 1.807) is 24.3 Å². The molecule has 0 spiro atoms. The summed E-state index contributed by atoms with van der Waals surface area (Å²) in [4.78, 5) is 29.5. The molecule has 1 aromatic carbocycles. The van der Waals surface area contributed by atoms with Crippen LogP contribution in [0.4, 0.5) is 5.95 Å². The number of hydrogen-bond donors (Lipinski definition) is 3. The van der Waals surface area contributed by atoms with Crippen molar-refractivity contribution in [1.82, 2.24) is 25.1 Å². The first-order chi connectivity index (χ1) is 14.4. The fourth-order valence-electron chi connectivity index (χ4n) is 3.30. The van der Waals surface area contributed by atoms with Gasteiger partial charge in [0.1, 0.15) is 11.9 Å². The quantitative estimate of drug-likeness (QED) is 0.286. The second-order valence-electron chi connectivity index (χ2n) is 6.92. The first kappa shape index (κ1) is 22.0. The molecule has 1 fully saturated rings. The highest BCUT2D eigenvalue weighted by atomic mass is 32.2. The number of nitrogens with one attached hydrogen (secondary N) is 2. The first-order valence-corrected chi connectivity index (χ1v) is 10.6. The number of nitro groups is 1. The fraction of sp³-hybridized carbons (Fsp3) is 0.444. The average Bonchev–Trinajstić information content (AvgIpc) is 3.11. The van der Waals surface area contributed by atoms with E-state index in [1.807, 2.05) is 0 Å². The second kappa shape index (κ2) is 10.4. The highest BCUT2D eigenvalue weighted by Crippen LogP contribution is 2.15. The van der Waals surface area contributed by atoms with Crippen molar-refractivity contribution in [3.8, 4) is 0 Å². The van der Waals surface area contributed by atoms with Gasteiger partial charge in [0.15, 0.2) is 17.6 Å². The molecule has 0 aliphatic carbocycles. The van der Waals surface area contributed by atoms with Crippen molar-refractivity contribution in [2.24, 2.45) is 0 Å². The highest BCUT2D eigenvalue weighted by Gasteiger charge is 2.24. The van der Waals surface area contributed by atoms with Gasteiger partial charge in [-0.3, -0.25) is 9.69 Å². The number of rotatable bonds is 9. The predicted molar refractivity (Wildman–Crippen MR) is 109 cm³/mol. The van der Waals surface area contributed by atoms with Crippen LogP contribution < -0.4 is 10.6 Å². The number of benzene rings is 1. The molecule has 3 rings (SSSR count). The maximum absolute atomic E-state index is 12.4. The van der Waals surface area contributed by atoms with Gasteiger partial charge in [0.25, 0.3) is 5.91 Å². The summed E-state index contributed by atoms with van der Waals surface area (Å²) in [5, 5.41) is 17.3. The Bertz CT molecular complexity index is 928. The Morgan fingerprint density at radius 1 is 1.37 bits per heavy atom. The number of imidazole rings is 1. The fourth-order valence-corrected chi connectivity index (χ4v) is 3.75. The Balaban J connectivity index is 1.59. The third kappa shape index (κ3) is 5.92. The Hall–Kier alpha value is -2.67. The summed E-state index contributed by atoms with van der Waals surface area (Å²) in [5.74, 6) is -0.715. The summed E-state index contributed by atoms with van der Waals surface area (Å²) in [6, 6.07) is 6.64. The van der Waals surface area contributed by atoms with Gasteiger partial charge in [-0.2, -0.15) is 0 Å². The molecular formula is C18H24N6O5S. The molecule has 11 nitrogen and oxygen atoms in total. The third-order valence-electron chi connectivity index (χ3n) is 4.81. The van der Waals surface area contributed by atoms with Gasteiger partial charge in [0.05, 0.1) is 11.4 Å². The van der Waals surface area contributed by atoms with Gasteiger partial charge in [-0.05, 0) is 29.0 Å². The standard InChI is InChI=1S/C18H24N6O5S/c25-17(20-5-4-14-2-1-3-16(10-14)30(28)29)13-23-15(11-21-18(23)24(26)27)12-22-8-6-19-7-9-22/h1-3,10-11,19H,4-9,12-13H2,(H,20,25)(H,28,29). The van der Waals surface area contributed by atoms with E-state index in [4.69, 9.17) is 4.55 Å². The zero-order valence-corrected chi connectivity index (χ0v) is 17.1. The van der Waals surface area contributed by atoms with Crippen molar-refractivity contribution >= 4 is 22.9 Å². The van der Waals surface area contributed by atoms with Gasteiger partial charge in [-0.1, -0.05) is 17.1 Å². The maximum atomic E-state index is 12.4. The molecule has 1 unspecified atom stereocenters. The first-order valence-electron chi connectivity index (χ1n) is 9.52. The van der Waals surface area contributed by atoms with Crippen LogP contribution in [0.3, 0.4) is 0 Å². The Morgan fingerprint density at radius 3 is 2.83 bits per heavy atom. The molecule has 2 aromatic rings. The molecule has 1 aromatic heterocycles. The molecular weight excluding hydrogens is 412 g/mol. The zero-order valence-electron chi connectivity index (χ0n) is 16.3. The van der Waals surface area contributed by atoms with E-state index in [9.17, 15) is 19.1 Å². The minimum absolute atomic E-state index is 0.196. The SMILES string of the molecule is O=C(Cn1c(CN2CCNCC2)cnc1[N+](=O)[O-])NCCc1cccc(S(=O)O)c1. The third-order valence-corrected chi connectivity index (χ3v) is 5.47. The molecule has 0 radical (unpaired) electrons. The van der Waals surface area contributed by atoms with Crippen LogP contribution in [0.2, 0.25) is 0 Å². The maximum Gasteiger partial charge on any atom is 0.435 e. The van der Waals surface area contributed by atoms with Crippen LogP contribution in [0.25, 0.3) is 0 Å². The summed E-state index contributed by atoms with van der Waals surface area (Å²) >= 11 is -2.06. The predicted octanol–water partition coefficient (Wildman–Crippen LogP) is 0.136. The number of hydrogen-bond acceptors (Lipinski definition) is 7. The average molecular weight is 436 g/mol. The van der Waals surface area contributed by atoms with Crippen LogP contribution in [0.5, 0.6) is 0 Å². The number of carbonyl (C=O) groups is 1. The van der Waals surface area contributed by atoms with Gasteiger partial charge < -0.3 is 25.3 Å². The lowest BCUT2D eigenvalue weighted by molar-refractivity contribution is -0.396. The minimum Gasteiger partial charge on any atom is -0.390 e. The lowest BCUT2D eigenvalue weighted by Crippen LogP contribution is -2.43. The number of aromatic nitrogens is 2. The van der Waals surface area contributed by atoms with Crippen LogP contribution in [0.1, 0.15) is 11.3 Å². The number of amides is 1. The number of piperazine rings is 1. The monoisotopic (exact) mass is 436 g/mol. The molecule has 162 valence electrons. The van der Waals surface area contributed by atoms with Crippen LogP contribution in [0, 0.1) is 10.1 Å². The van der Waals surface area contributed by atoms with E-state index in [-0.39, 0.29) is 18.4 Å². The van der Waals surface area contributed by atoms with Crippen LogP contribution in [-0.4, -0.2) is 66.8 Å². The van der Waals surface area contributed by atoms with E-state index in [0.717, 1.165) is 31.7 Å². The van der Waals surface area contributed by atoms with Gasteiger partial charge in [-0.25, -0.2) is 8.78 Å². The van der Waals surface area contributed by atoms with E-state index >= 15 is 0 Å². The van der Waals surface area contributed by atoms with Gasteiger partial charge in [0.2, 0.25) is 0 Å². The molecule has 0 saturated carbocycles. The minimum atomic E-state index is -2.06. The van der Waals surface area contributed by atoms with Crippen molar-refractivity contribution in [3.63, 3.8) is 0 Å². The van der Waals surface area contributed by atoms with Gasteiger partial charge in [-0.15, -0.1) is 0 Å². The molecule has 1 saturated heterocycles. The van der Waals surface area contributed by atoms with Gasteiger partial charge in [0, 0.05) is 32.7 Å². The molecule has 1 aliphatic rings. The van der Waals surface area contributed by atoms with Crippen molar-refractivity contribution in [2.45, 2.75) is 24.4 Å². The van der Waals surface area contributed by atoms with Crippen LogP contribution in [-0.2, 0) is 35.4 Å². The molecule has 2 heterocycles. The molecule has 1 atom stereocenters. The van der Waals surface area contributed by atoms with E-state index < -0.39 is 16.0 Å². The number of carbonyl (C=O) groups excluding carboxylic acids is 1. The summed E-state index contributed by atoms with van der Waals surface area (Å²) in [6.45, 7) is 3.94. The molecule has 0 bridgehead atoms. The summed E-state index contributed by atoms with van der Waals surface area (Å²) < 4.78 is 21.6. The molecule has 12 heteroatoms. The topological polar surface area (TPSA) is 143 Å². The number of nitrogens with zero attached hydrogens (tertiary/aromatic N) is 4. The summed E-state index contributed by atoms with van der Waals surface area (Å²) in [7, 11) is 0. The molecule has 1 aliphatic heterocycles. The highest BCUT2D eigenvalue weighted by molar-refractivity contribution is 7.79. The van der Waals surface area contributed by atoms with Crippen molar-refractivity contribution in [1.29, 1.82) is 0 Å². The van der Waals surface area contributed by atoms with Crippen molar-refractivity contribution in [3.05, 3.63) is 51.8 Å². The zero-order chi connectivity index (χ0) is 21.5. The smallest absolute Gasteiger partial charge is 0.390 e. The lowest BCUT2D eigenvalue weighted by Gasteiger charge is -2.26. The Morgan fingerprint density at radius 2 is 2.13 bits per heavy atom.